The van der Waals surface area contributed by atoms with E-state index in [2.05, 4.69) is 6.92 Å². The fraction of sp³-hybridized carbons (Fsp3) is 1.00. The van der Waals surface area contributed by atoms with Crippen molar-refractivity contribution < 1.29 is 4.74 Å². The zero-order valence-electron chi connectivity index (χ0n) is 7.10. The molecule has 2 rings (SSSR count). The van der Waals surface area contributed by atoms with Crippen molar-refractivity contribution in [2.75, 3.05) is 0 Å². The van der Waals surface area contributed by atoms with Crippen LogP contribution in [0.3, 0.4) is 0 Å². The predicted octanol–water partition coefficient (Wildman–Crippen LogP) is 1.12. The minimum absolute atomic E-state index is 0.703. The molecule has 1 saturated heterocycles. The Morgan fingerprint density at radius 1 is 1.30 bits per heavy atom. The number of ether oxygens (including phenoxy) is 1. The summed E-state index contributed by atoms with van der Waals surface area (Å²) in [5.74, 6) is 0. The monoisotopic (exact) mass is 158 g/mol. The number of fused-ring (bicyclic) bond motifs is 1. The second-order valence-electron chi connectivity index (χ2n) is 3.20. The fourth-order valence-electron chi connectivity index (χ4n) is 1.38. The number of hydrogen-bond acceptors (Lipinski definition) is 1. The van der Waals surface area contributed by atoms with Gasteiger partial charge in [-0.25, -0.2) is 0 Å². The van der Waals surface area contributed by atoms with Gasteiger partial charge < -0.3 is 4.74 Å². The van der Waals surface area contributed by atoms with Gasteiger partial charge in [-0.2, -0.15) is 0 Å². The van der Waals surface area contributed by atoms with Gasteiger partial charge in [0.25, 0.3) is 0 Å². The molecule has 10 heavy (non-hydrogen) atoms. The summed E-state index contributed by atoms with van der Waals surface area (Å²) in [7, 11) is 1.37. The van der Waals surface area contributed by atoms with E-state index in [1.165, 1.54) is 42.0 Å². The minimum atomic E-state index is 0.703. The van der Waals surface area contributed by atoms with E-state index in [0.717, 1.165) is 0 Å². The highest BCUT2D eigenvalue weighted by Crippen LogP contribution is 2.35. The van der Waals surface area contributed by atoms with Crippen molar-refractivity contribution in [3.8, 4) is 0 Å². The van der Waals surface area contributed by atoms with Crippen LogP contribution in [0.15, 0.2) is 0 Å². The third-order valence-corrected chi connectivity index (χ3v) is 1.91. The lowest BCUT2D eigenvalue weighted by atomic mass is 10.0. The average molecular weight is 158 g/mol. The van der Waals surface area contributed by atoms with Crippen LogP contribution in [0, 0.1) is 0 Å². The van der Waals surface area contributed by atoms with Crippen LogP contribution in [0.5, 0.6) is 0 Å². The quantitative estimate of drug-likeness (QED) is 0.380. The molecule has 0 radical (unpaired) electrons. The normalized spacial score (nSPS) is 35.7. The minimum Gasteiger partial charge on any atom is -0.370 e. The van der Waals surface area contributed by atoms with Crippen LogP contribution < -0.4 is 0 Å². The van der Waals surface area contributed by atoms with Gasteiger partial charge in [0.2, 0.25) is 0 Å². The summed E-state index contributed by atoms with van der Waals surface area (Å²) in [6.07, 6.45) is 6.89. The van der Waals surface area contributed by atoms with E-state index in [9.17, 15) is 0 Å². The third-order valence-electron chi connectivity index (χ3n) is 1.91. The van der Waals surface area contributed by atoms with Crippen LogP contribution >= 0.6 is 0 Å². The van der Waals surface area contributed by atoms with Crippen molar-refractivity contribution in [2.24, 2.45) is 0 Å². The summed E-state index contributed by atoms with van der Waals surface area (Å²) >= 11 is 0. The van der Waals surface area contributed by atoms with Crippen molar-refractivity contribution in [3.63, 3.8) is 0 Å². The summed E-state index contributed by atoms with van der Waals surface area (Å²) in [5.41, 5.74) is 0. The average Bonchev–Trinajstić information content (AvgIpc) is 2.66. The summed E-state index contributed by atoms with van der Waals surface area (Å²) in [4.78, 5) is 0. The molecule has 2 heteroatoms. The molecule has 0 N–H and O–H groups in total. The van der Waals surface area contributed by atoms with Gasteiger partial charge in [-0.1, -0.05) is 25.8 Å². The van der Waals surface area contributed by atoms with Crippen molar-refractivity contribution in [1.29, 1.82) is 0 Å². The van der Waals surface area contributed by atoms with Gasteiger partial charge in [0.1, 0.15) is 0 Å². The highest BCUT2D eigenvalue weighted by Gasteiger charge is 2.39. The first-order chi connectivity index (χ1) is 4.88. The van der Waals surface area contributed by atoms with E-state index in [0.29, 0.717) is 12.2 Å². The Hall–Kier alpha value is 0.177. The van der Waals surface area contributed by atoms with E-state index in [1.54, 1.807) is 0 Å². The van der Waals surface area contributed by atoms with Crippen molar-refractivity contribution >= 4 is 10.2 Å². The van der Waals surface area contributed by atoms with Gasteiger partial charge in [0.15, 0.2) is 0 Å². The topological polar surface area (TPSA) is 12.5 Å². The van der Waals surface area contributed by atoms with Crippen molar-refractivity contribution in [3.05, 3.63) is 0 Å². The summed E-state index contributed by atoms with van der Waals surface area (Å²) in [6.45, 7) is 2.19. The zero-order valence-corrected chi connectivity index (χ0v) is 9.10. The number of hydrogen-bond donors (Lipinski definition) is 0. The molecule has 1 nitrogen and oxygen atoms in total. The lowest BCUT2D eigenvalue weighted by Crippen LogP contribution is -2.00. The Bertz CT molecular complexity index is 85.3. The Labute approximate surface area is 66.6 Å². The largest absolute Gasteiger partial charge is 0.370 e. The van der Waals surface area contributed by atoms with Crippen LogP contribution in [-0.4, -0.2) is 22.5 Å². The Balaban J connectivity index is 0.000000148. The van der Waals surface area contributed by atoms with Crippen LogP contribution in [0.25, 0.3) is 0 Å². The molecule has 1 aliphatic carbocycles. The Morgan fingerprint density at radius 2 is 1.70 bits per heavy atom. The first-order valence-electron chi connectivity index (χ1n) is 4.54. The van der Waals surface area contributed by atoms with Crippen molar-refractivity contribution in [1.82, 2.24) is 0 Å². The molecule has 0 aromatic carbocycles. The zero-order chi connectivity index (χ0) is 7.40. The molecule has 60 valence electrons. The molecule has 2 fully saturated rings. The maximum atomic E-state index is 5.28. The Kier molecular flexibility index (Phi) is 3.42. The smallest absolute Gasteiger partial charge is 0.0841 e. The molecular formula is C8H18OSi. The summed E-state index contributed by atoms with van der Waals surface area (Å²) in [5, 5.41) is 0. The molecule has 1 saturated carbocycles. The van der Waals surface area contributed by atoms with Gasteiger partial charge >= 0.3 is 0 Å². The first-order valence-corrected chi connectivity index (χ1v) is 5.95. The lowest BCUT2D eigenvalue weighted by Gasteiger charge is -2.00. The lowest BCUT2D eigenvalue weighted by molar-refractivity contribution is 0.373. The molecule has 0 spiro atoms. The van der Waals surface area contributed by atoms with Crippen LogP contribution in [0.2, 0.25) is 6.04 Å². The van der Waals surface area contributed by atoms with E-state index in [4.69, 9.17) is 4.74 Å². The van der Waals surface area contributed by atoms with Gasteiger partial charge in [-0.05, 0) is 12.8 Å². The highest BCUT2D eigenvalue weighted by atomic mass is 28.1. The second-order valence-corrected chi connectivity index (χ2v) is 4.62. The van der Waals surface area contributed by atoms with Crippen LogP contribution in [-0.2, 0) is 4.74 Å². The molecule has 2 atom stereocenters. The van der Waals surface area contributed by atoms with E-state index in [1.807, 2.05) is 0 Å². The molecular weight excluding hydrogens is 140 g/mol. The molecule has 2 aliphatic rings. The van der Waals surface area contributed by atoms with Gasteiger partial charge in [-0.3, -0.25) is 0 Å². The number of rotatable bonds is 0. The molecule has 1 heterocycles. The van der Waals surface area contributed by atoms with E-state index in [-0.39, 0.29) is 0 Å². The highest BCUT2D eigenvalue weighted by molar-refractivity contribution is 6.08. The second kappa shape index (κ2) is 4.14. The maximum absolute atomic E-state index is 5.28. The predicted molar refractivity (Wildman–Crippen MR) is 47.5 cm³/mol. The molecule has 0 aromatic heterocycles. The van der Waals surface area contributed by atoms with Gasteiger partial charge in [0, 0.05) is 10.2 Å². The van der Waals surface area contributed by atoms with E-state index >= 15 is 0 Å². The fourth-order valence-corrected chi connectivity index (χ4v) is 1.38. The van der Waals surface area contributed by atoms with Crippen molar-refractivity contribution in [2.45, 2.75) is 50.9 Å². The first kappa shape index (κ1) is 8.28. The van der Waals surface area contributed by atoms with E-state index < -0.39 is 0 Å². The van der Waals surface area contributed by atoms with Crippen LogP contribution in [0.4, 0.5) is 0 Å². The molecule has 1 aliphatic heterocycles. The van der Waals surface area contributed by atoms with Gasteiger partial charge in [-0.15, -0.1) is 0 Å². The number of epoxide rings is 1. The molecule has 0 aromatic rings. The van der Waals surface area contributed by atoms with Crippen LogP contribution in [0.1, 0.15) is 32.6 Å². The standard InChI is InChI=1S/C6H10O.C2H8Si/c1-2-4-6-5(3-1)7-6;1-2-3/h5-6H,1-4H2;2H2,1,3H3. The molecule has 0 bridgehead atoms. The summed E-state index contributed by atoms with van der Waals surface area (Å²) < 4.78 is 5.28. The summed E-state index contributed by atoms with van der Waals surface area (Å²) in [6, 6.07) is 1.39. The maximum Gasteiger partial charge on any atom is 0.0841 e. The SMILES string of the molecule is C1CCC2OC2C1.CC[SiH3]. The molecule has 2 unspecified atom stereocenters. The Morgan fingerprint density at radius 3 is 2.00 bits per heavy atom. The third kappa shape index (κ3) is 2.43. The molecule has 0 amide bonds. The van der Waals surface area contributed by atoms with Gasteiger partial charge in [0.05, 0.1) is 12.2 Å².